The second kappa shape index (κ2) is 8.80. The van der Waals surface area contributed by atoms with Crippen LogP contribution in [0.1, 0.15) is 65.9 Å². The van der Waals surface area contributed by atoms with Crippen LogP contribution in [0.15, 0.2) is 97.1 Å². The van der Waals surface area contributed by atoms with Crippen LogP contribution in [0.4, 0.5) is 0 Å². The molecule has 36 heavy (non-hydrogen) atoms. The van der Waals surface area contributed by atoms with Crippen LogP contribution in [-0.4, -0.2) is 24.1 Å². The second-order valence-electron chi connectivity index (χ2n) is 9.58. The minimum absolute atomic E-state index is 0.234. The van der Waals surface area contributed by atoms with Crippen molar-refractivity contribution in [2.24, 2.45) is 0 Å². The molecule has 4 aromatic rings. The Morgan fingerprint density at radius 3 is 1.31 bits per heavy atom. The Hall–Kier alpha value is -4.18. The van der Waals surface area contributed by atoms with Gasteiger partial charge in [0, 0.05) is 0 Å². The first-order valence-corrected chi connectivity index (χ1v) is 12.3. The molecular weight excluding hydrogens is 448 g/mol. The lowest BCUT2D eigenvalue weighted by Gasteiger charge is -2.50. The number of esters is 2. The number of hydrogen-bond donors (Lipinski definition) is 0. The van der Waals surface area contributed by atoms with Crippen molar-refractivity contribution < 1.29 is 19.1 Å². The molecular formula is C32H26O4. The molecule has 0 fully saturated rings. The Labute approximate surface area is 210 Å². The van der Waals surface area contributed by atoms with Crippen molar-refractivity contribution in [1.82, 2.24) is 0 Å². The SMILES string of the molecule is Cc1cccc2c1[C@H]1c3cccc(C)c3[C@H]2C(OC(=O)c2ccccc2)C1OC(=O)c1ccccc1. The van der Waals surface area contributed by atoms with Gasteiger partial charge in [0.25, 0.3) is 0 Å². The van der Waals surface area contributed by atoms with Crippen LogP contribution < -0.4 is 0 Å². The summed E-state index contributed by atoms with van der Waals surface area (Å²) in [4.78, 5) is 26.6. The van der Waals surface area contributed by atoms with E-state index in [0.29, 0.717) is 11.1 Å². The maximum Gasteiger partial charge on any atom is 0.338 e. The van der Waals surface area contributed by atoms with E-state index in [0.717, 1.165) is 22.3 Å². The number of carbonyl (C=O) groups is 2. The number of rotatable bonds is 4. The maximum absolute atomic E-state index is 13.3. The van der Waals surface area contributed by atoms with Gasteiger partial charge in [0.05, 0.1) is 23.0 Å². The average molecular weight is 475 g/mol. The van der Waals surface area contributed by atoms with Gasteiger partial charge in [-0.3, -0.25) is 0 Å². The minimum atomic E-state index is -0.654. The van der Waals surface area contributed by atoms with Gasteiger partial charge in [0.2, 0.25) is 0 Å². The molecule has 4 nitrogen and oxygen atoms in total. The highest BCUT2D eigenvalue weighted by molar-refractivity contribution is 5.91. The molecule has 178 valence electrons. The Morgan fingerprint density at radius 2 is 0.917 bits per heavy atom. The highest BCUT2D eigenvalue weighted by atomic mass is 16.6. The number of aryl methyl sites for hydroxylation is 2. The zero-order valence-electron chi connectivity index (χ0n) is 20.2. The number of hydrogen-bond acceptors (Lipinski definition) is 4. The van der Waals surface area contributed by atoms with Crippen LogP contribution in [-0.2, 0) is 9.47 Å². The van der Waals surface area contributed by atoms with Crippen molar-refractivity contribution in [3.05, 3.63) is 142 Å². The quantitative estimate of drug-likeness (QED) is 0.324. The molecule has 2 bridgehead atoms. The smallest absolute Gasteiger partial charge is 0.338 e. The molecule has 0 saturated heterocycles. The van der Waals surface area contributed by atoms with Crippen molar-refractivity contribution in [3.63, 3.8) is 0 Å². The fourth-order valence-electron chi connectivity index (χ4n) is 5.97. The fourth-order valence-corrected chi connectivity index (χ4v) is 5.97. The largest absolute Gasteiger partial charge is 0.454 e. The zero-order valence-corrected chi connectivity index (χ0v) is 20.2. The maximum atomic E-state index is 13.3. The summed E-state index contributed by atoms with van der Waals surface area (Å²) in [6, 6.07) is 30.5. The first-order valence-electron chi connectivity index (χ1n) is 12.3. The van der Waals surface area contributed by atoms with E-state index in [1.165, 1.54) is 11.1 Å². The Balaban J connectivity index is 1.51. The van der Waals surface area contributed by atoms with E-state index in [1.807, 2.05) is 48.5 Å². The van der Waals surface area contributed by atoms with Crippen molar-refractivity contribution in [3.8, 4) is 0 Å². The molecule has 0 aliphatic heterocycles. The molecule has 4 heteroatoms. The van der Waals surface area contributed by atoms with Crippen molar-refractivity contribution >= 4 is 11.9 Å². The third-order valence-corrected chi connectivity index (χ3v) is 7.49. The Bertz CT molecular complexity index is 1350. The van der Waals surface area contributed by atoms with Gasteiger partial charge in [-0.2, -0.15) is 0 Å². The van der Waals surface area contributed by atoms with Crippen molar-refractivity contribution in [2.75, 3.05) is 0 Å². The molecule has 4 atom stereocenters. The summed E-state index contributed by atoms with van der Waals surface area (Å²) >= 11 is 0. The lowest BCUT2D eigenvalue weighted by atomic mass is 9.59. The van der Waals surface area contributed by atoms with Gasteiger partial charge in [0.1, 0.15) is 0 Å². The Kier molecular flexibility index (Phi) is 5.45. The van der Waals surface area contributed by atoms with E-state index < -0.39 is 24.1 Å². The lowest BCUT2D eigenvalue weighted by Crippen LogP contribution is -2.51. The number of ether oxygens (including phenoxy) is 2. The van der Waals surface area contributed by atoms with Crippen LogP contribution in [0.2, 0.25) is 0 Å². The molecule has 0 radical (unpaired) electrons. The molecule has 0 spiro atoms. The monoisotopic (exact) mass is 474 g/mol. The van der Waals surface area contributed by atoms with Gasteiger partial charge in [-0.05, 0) is 71.5 Å². The predicted molar refractivity (Wildman–Crippen MR) is 137 cm³/mol. The molecule has 4 aromatic carbocycles. The van der Waals surface area contributed by atoms with Gasteiger partial charge in [-0.25, -0.2) is 9.59 Å². The molecule has 2 unspecified atom stereocenters. The summed E-state index contributed by atoms with van der Waals surface area (Å²) in [5.41, 5.74) is 7.84. The van der Waals surface area contributed by atoms with Crippen LogP contribution in [0, 0.1) is 13.8 Å². The molecule has 7 rings (SSSR count). The first kappa shape index (κ1) is 22.3. The van der Waals surface area contributed by atoms with Crippen LogP contribution in [0.25, 0.3) is 0 Å². The summed E-state index contributed by atoms with van der Waals surface area (Å²) < 4.78 is 12.5. The highest BCUT2D eigenvalue weighted by Gasteiger charge is 2.54. The van der Waals surface area contributed by atoms with Crippen LogP contribution in [0.5, 0.6) is 0 Å². The van der Waals surface area contributed by atoms with Crippen molar-refractivity contribution in [1.29, 1.82) is 0 Å². The molecule has 3 aliphatic carbocycles. The van der Waals surface area contributed by atoms with E-state index in [2.05, 4.69) is 38.1 Å². The number of carbonyl (C=O) groups excluding carboxylic acids is 2. The van der Waals surface area contributed by atoms with Gasteiger partial charge >= 0.3 is 11.9 Å². The van der Waals surface area contributed by atoms with Gasteiger partial charge in [-0.15, -0.1) is 0 Å². The summed E-state index contributed by atoms with van der Waals surface area (Å²) in [5.74, 6) is -1.30. The molecule has 0 heterocycles. The van der Waals surface area contributed by atoms with E-state index in [1.54, 1.807) is 24.3 Å². The average Bonchev–Trinajstić information content (AvgIpc) is 2.91. The third kappa shape index (κ3) is 3.53. The minimum Gasteiger partial charge on any atom is -0.454 e. The predicted octanol–water partition coefficient (Wildman–Crippen LogP) is 6.35. The van der Waals surface area contributed by atoms with Crippen LogP contribution in [0.3, 0.4) is 0 Å². The van der Waals surface area contributed by atoms with E-state index in [9.17, 15) is 9.59 Å². The molecule has 3 aliphatic rings. The van der Waals surface area contributed by atoms with E-state index in [4.69, 9.17) is 9.47 Å². The normalized spacial score (nSPS) is 21.3. The topological polar surface area (TPSA) is 52.6 Å². The fraction of sp³-hybridized carbons (Fsp3) is 0.188. The van der Waals surface area contributed by atoms with Gasteiger partial charge in [0.15, 0.2) is 12.2 Å². The van der Waals surface area contributed by atoms with Gasteiger partial charge < -0.3 is 9.47 Å². The summed E-state index contributed by atoms with van der Waals surface area (Å²) in [7, 11) is 0. The highest BCUT2D eigenvalue weighted by Crippen LogP contribution is 2.56. The van der Waals surface area contributed by atoms with E-state index in [-0.39, 0.29) is 11.8 Å². The molecule has 0 N–H and O–H groups in total. The molecule has 0 saturated carbocycles. The van der Waals surface area contributed by atoms with Crippen molar-refractivity contribution in [2.45, 2.75) is 37.9 Å². The zero-order chi connectivity index (χ0) is 24.8. The summed E-state index contributed by atoms with van der Waals surface area (Å²) in [6.45, 7) is 4.19. The second-order valence-corrected chi connectivity index (χ2v) is 9.58. The van der Waals surface area contributed by atoms with E-state index >= 15 is 0 Å². The molecule has 0 aromatic heterocycles. The number of fused-ring (bicyclic) bond motifs is 1. The molecule has 0 amide bonds. The van der Waals surface area contributed by atoms with Crippen LogP contribution >= 0.6 is 0 Å². The summed E-state index contributed by atoms with van der Waals surface area (Å²) in [5, 5.41) is 0. The third-order valence-electron chi connectivity index (χ3n) is 7.49. The Morgan fingerprint density at radius 1 is 0.528 bits per heavy atom. The standard InChI is InChI=1S/C32H26O4/c1-19-11-9-17-23-25(19)27-24-18-10-12-20(2)26(24)28(23)30(36-32(34)22-15-7-4-8-16-22)29(27)35-31(33)21-13-5-3-6-14-21/h3-18,27-30H,1-2H3/t27-,28+,29?,30?. The number of benzene rings is 4. The van der Waals surface area contributed by atoms with Gasteiger partial charge in [-0.1, -0.05) is 72.8 Å². The summed E-state index contributed by atoms with van der Waals surface area (Å²) in [6.07, 6.45) is -1.31. The lowest BCUT2D eigenvalue weighted by molar-refractivity contribution is -0.0559. The first-order chi connectivity index (χ1) is 17.5.